The van der Waals surface area contributed by atoms with Crippen molar-refractivity contribution in [3.63, 3.8) is 0 Å². The number of carboxylic acids is 1. The number of nitrogens with zero attached hydrogens (tertiary/aromatic N) is 2. The number of carboxylic acid groups (broad SMARTS) is 1. The first-order valence-electron chi connectivity index (χ1n) is 9.42. The number of hydrogen-bond donors (Lipinski definition) is 1. The molecule has 2 aromatic rings. The van der Waals surface area contributed by atoms with Crippen LogP contribution in [0.5, 0.6) is 0 Å². The lowest BCUT2D eigenvalue weighted by molar-refractivity contribution is -0.137. The molecule has 1 aliphatic rings. The third kappa shape index (κ3) is 5.39. The van der Waals surface area contributed by atoms with Crippen LogP contribution in [0.1, 0.15) is 30.2 Å². The number of anilines is 1. The number of aliphatic carboxylic acids is 1. The van der Waals surface area contributed by atoms with E-state index in [9.17, 15) is 9.59 Å². The molecule has 1 aromatic carbocycles. The average molecular weight is 376 g/mol. The zero-order valence-electron chi connectivity index (χ0n) is 16.0. The average Bonchev–Trinajstić information content (AvgIpc) is 2.72. The van der Waals surface area contributed by atoms with Crippen LogP contribution in [-0.2, 0) is 28.9 Å². The van der Waals surface area contributed by atoms with Crippen molar-refractivity contribution in [2.24, 2.45) is 0 Å². The van der Waals surface area contributed by atoms with Gasteiger partial charge in [-0.1, -0.05) is 30.3 Å². The summed E-state index contributed by atoms with van der Waals surface area (Å²) in [4.78, 5) is 28.6. The molecule has 0 saturated heterocycles. The second-order valence-electron chi connectivity index (χ2n) is 6.90. The largest absolute Gasteiger partial charge is 0.481 e. The fourth-order valence-electron chi connectivity index (χ4n) is 3.08. The van der Waals surface area contributed by atoms with E-state index in [0.717, 1.165) is 35.4 Å². The molecular weight excluding hydrogens is 352 g/mol. The molecule has 0 unspecified atom stereocenters. The topological polar surface area (TPSA) is 70.5 Å². The van der Waals surface area contributed by atoms with Gasteiger partial charge < -0.3 is 10.0 Å². The minimum atomic E-state index is -0.769. The van der Waals surface area contributed by atoms with Crippen molar-refractivity contribution in [3.05, 3.63) is 83.3 Å². The van der Waals surface area contributed by atoms with Crippen LogP contribution in [0.3, 0.4) is 0 Å². The van der Waals surface area contributed by atoms with E-state index in [0.29, 0.717) is 13.0 Å². The molecule has 5 heteroatoms. The summed E-state index contributed by atoms with van der Waals surface area (Å²) in [6.07, 6.45) is 10.00. The van der Waals surface area contributed by atoms with Gasteiger partial charge in [-0.15, -0.1) is 0 Å². The number of Topliss-reactive ketones (excluding diaryl/α,β-unsaturated/α-hetero) is 1. The molecule has 3 rings (SSSR count). The zero-order chi connectivity index (χ0) is 19.9. The number of ketones is 1. The van der Waals surface area contributed by atoms with Crippen LogP contribution in [0.2, 0.25) is 0 Å². The predicted octanol–water partition coefficient (Wildman–Crippen LogP) is 3.73. The van der Waals surface area contributed by atoms with E-state index >= 15 is 0 Å². The van der Waals surface area contributed by atoms with E-state index in [-0.39, 0.29) is 12.2 Å². The van der Waals surface area contributed by atoms with Gasteiger partial charge in [-0.3, -0.25) is 14.6 Å². The molecule has 0 radical (unpaired) electrons. The second kappa shape index (κ2) is 9.13. The Morgan fingerprint density at radius 2 is 1.75 bits per heavy atom. The van der Waals surface area contributed by atoms with Crippen LogP contribution in [0.15, 0.2) is 66.5 Å². The quantitative estimate of drug-likeness (QED) is 0.760. The van der Waals surface area contributed by atoms with Crippen LogP contribution in [0.25, 0.3) is 0 Å². The summed E-state index contributed by atoms with van der Waals surface area (Å²) in [6.45, 7) is 2.24. The van der Waals surface area contributed by atoms with Gasteiger partial charge in [0.1, 0.15) is 0 Å². The lowest BCUT2D eigenvalue weighted by Crippen LogP contribution is -2.20. The third-order valence-corrected chi connectivity index (χ3v) is 4.81. The van der Waals surface area contributed by atoms with Crippen molar-refractivity contribution in [2.75, 3.05) is 11.4 Å². The number of aryl methyl sites for hydroxylation is 3. The third-order valence-electron chi connectivity index (χ3n) is 4.81. The number of carbonyl (C=O) groups excluding carboxylic acids is 1. The first kappa shape index (κ1) is 19.5. The Hall–Kier alpha value is -3.21. The van der Waals surface area contributed by atoms with E-state index in [1.807, 2.05) is 48.8 Å². The molecule has 2 heterocycles. The van der Waals surface area contributed by atoms with Crippen molar-refractivity contribution in [1.29, 1.82) is 0 Å². The van der Waals surface area contributed by atoms with Gasteiger partial charge in [0.15, 0.2) is 5.78 Å². The van der Waals surface area contributed by atoms with Crippen LogP contribution >= 0.6 is 0 Å². The number of benzene rings is 1. The number of pyridine rings is 1. The van der Waals surface area contributed by atoms with Crippen molar-refractivity contribution in [1.82, 2.24) is 4.98 Å². The molecule has 0 atom stereocenters. The normalized spacial score (nSPS) is 13.3. The Morgan fingerprint density at radius 1 is 1.04 bits per heavy atom. The summed E-state index contributed by atoms with van der Waals surface area (Å²) in [5.74, 6) is -0.687. The van der Waals surface area contributed by atoms with Gasteiger partial charge in [-0.05, 0) is 55.5 Å². The number of rotatable bonds is 8. The monoisotopic (exact) mass is 376 g/mol. The molecule has 0 saturated carbocycles. The Labute approximate surface area is 165 Å². The van der Waals surface area contributed by atoms with E-state index in [1.54, 1.807) is 6.92 Å². The fourth-order valence-corrected chi connectivity index (χ4v) is 3.08. The molecular formula is C23H24N2O3. The molecule has 1 aliphatic heterocycles. The van der Waals surface area contributed by atoms with Crippen molar-refractivity contribution < 1.29 is 14.7 Å². The molecule has 28 heavy (non-hydrogen) atoms. The molecule has 144 valence electrons. The Kier molecular flexibility index (Phi) is 6.37. The van der Waals surface area contributed by atoms with Crippen LogP contribution in [0.4, 0.5) is 5.69 Å². The highest BCUT2D eigenvalue weighted by molar-refractivity contribution is 5.96. The van der Waals surface area contributed by atoms with Crippen molar-refractivity contribution in [2.45, 2.75) is 32.6 Å². The highest BCUT2D eigenvalue weighted by Crippen LogP contribution is 2.18. The minimum absolute atomic E-state index is 0.0827. The highest BCUT2D eigenvalue weighted by Gasteiger charge is 2.10. The molecule has 0 aliphatic carbocycles. The first-order chi connectivity index (χ1) is 13.5. The Balaban J connectivity index is 1.52. The van der Waals surface area contributed by atoms with E-state index in [1.165, 1.54) is 5.56 Å². The number of aromatic nitrogens is 1. The summed E-state index contributed by atoms with van der Waals surface area (Å²) in [5.41, 5.74) is 5.03. The summed E-state index contributed by atoms with van der Waals surface area (Å²) in [7, 11) is 0. The Bertz CT molecular complexity index is 896. The smallest absolute Gasteiger partial charge is 0.303 e. The van der Waals surface area contributed by atoms with Gasteiger partial charge in [-0.2, -0.15) is 0 Å². The molecule has 5 nitrogen and oxygen atoms in total. The van der Waals surface area contributed by atoms with E-state index in [4.69, 9.17) is 5.11 Å². The SMILES string of the molecule is CC(=O)C1=CCN(c2ccc(CCc3ccc(CCC(=O)O)cc3)nc2)C=C1. The molecule has 1 aromatic heterocycles. The fraction of sp³-hybridized carbons (Fsp3) is 0.261. The summed E-state index contributed by atoms with van der Waals surface area (Å²) >= 11 is 0. The maximum Gasteiger partial charge on any atom is 0.303 e. The standard InChI is InChI=1S/C23H24N2O3/c1-17(26)20-12-14-25(15-13-20)22-10-9-21(24-16-22)8-6-18-2-4-19(5-3-18)7-11-23(27)28/h2-5,9-10,12-14,16H,6-8,11,15H2,1H3,(H,27,28). The zero-order valence-corrected chi connectivity index (χ0v) is 16.0. The maximum absolute atomic E-state index is 11.4. The summed E-state index contributed by atoms with van der Waals surface area (Å²) in [6, 6.07) is 12.2. The molecule has 0 spiro atoms. The van der Waals surface area contributed by atoms with Gasteiger partial charge in [0.25, 0.3) is 0 Å². The van der Waals surface area contributed by atoms with Crippen LogP contribution < -0.4 is 4.90 Å². The van der Waals surface area contributed by atoms with Crippen molar-refractivity contribution in [3.8, 4) is 0 Å². The minimum Gasteiger partial charge on any atom is -0.481 e. The van der Waals surface area contributed by atoms with Gasteiger partial charge >= 0.3 is 5.97 Å². The predicted molar refractivity (Wildman–Crippen MR) is 109 cm³/mol. The van der Waals surface area contributed by atoms with Gasteiger partial charge in [-0.25, -0.2) is 0 Å². The molecule has 0 bridgehead atoms. The molecule has 0 amide bonds. The van der Waals surface area contributed by atoms with Crippen LogP contribution in [0, 0.1) is 0 Å². The lowest BCUT2D eigenvalue weighted by Gasteiger charge is -2.22. The molecule has 0 fully saturated rings. The number of carbonyl (C=O) groups is 2. The maximum atomic E-state index is 11.4. The number of hydrogen-bond acceptors (Lipinski definition) is 4. The van der Waals surface area contributed by atoms with Gasteiger partial charge in [0.2, 0.25) is 0 Å². The first-order valence-corrected chi connectivity index (χ1v) is 9.42. The highest BCUT2D eigenvalue weighted by atomic mass is 16.4. The van der Waals surface area contributed by atoms with Crippen LogP contribution in [-0.4, -0.2) is 28.4 Å². The van der Waals surface area contributed by atoms with Crippen molar-refractivity contribution >= 4 is 17.4 Å². The van der Waals surface area contributed by atoms with E-state index < -0.39 is 5.97 Å². The Morgan fingerprint density at radius 3 is 2.29 bits per heavy atom. The summed E-state index contributed by atoms with van der Waals surface area (Å²) in [5, 5.41) is 8.75. The molecule has 1 N–H and O–H groups in total. The van der Waals surface area contributed by atoms with Gasteiger partial charge in [0, 0.05) is 30.4 Å². The number of allylic oxidation sites excluding steroid dienone is 2. The van der Waals surface area contributed by atoms with Gasteiger partial charge in [0.05, 0.1) is 11.9 Å². The lowest BCUT2D eigenvalue weighted by atomic mass is 10.0. The van der Waals surface area contributed by atoms with E-state index in [2.05, 4.69) is 22.0 Å². The summed E-state index contributed by atoms with van der Waals surface area (Å²) < 4.78 is 0. The second-order valence-corrected chi connectivity index (χ2v) is 6.90.